The average molecular weight is 432 g/mol. The van der Waals surface area contributed by atoms with Gasteiger partial charge in [-0.05, 0) is 46.1 Å². The molecule has 3 aliphatic heterocycles. The number of methoxy groups -OCH3 is 1. The lowest BCUT2D eigenvalue weighted by Crippen LogP contribution is -2.58. The number of morpholine rings is 1. The molecule has 170 valence electrons. The first-order valence-electron chi connectivity index (χ1n) is 11.2. The van der Waals surface area contributed by atoms with Gasteiger partial charge < -0.3 is 19.7 Å². The zero-order valence-corrected chi connectivity index (χ0v) is 19.3. The van der Waals surface area contributed by atoms with E-state index in [0.29, 0.717) is 12.6 Å². The van der Waals surface area contributed by atoms with Gasteiger partial charge >= 0.3 is 0 Å². The Hall–Kier alpha value is 0.0700. The third-order valence-electron chi connectivity index (χ3n) is 6.57. The molecule has 7 nitrogen and oxygen atoms in total. The van der Waals surface area contributed by atoms with E-state index in [9.17, 15) is 10.2 Å². The molecular formula is C21H41N3O4S. The van der Waals surface area contributed by atoms with E-state index in [0.717, 1.165) is 83.9 Å². The maximum absolute atomic E-state index is 11.2. The highest BCUT2D eigenvalue weighted by atomic mass is 32.2. The molecule has 0 radical (unpaired) electrons. The number of aliphatic hydroxyl groups is 2. The Labute approximate surface area is 180 Å². The molecule has 3 heterocycles. The van der Waals surface area contributed by atoms with Crippen molar-refractivity contribution in [2.45, 2.75) is 62.9 Å². The van der Waals surface area contributed by atoms with E-state index in [1.54, 1.807) is 7.11 Å². The third kappa shape index (κ3) is 7.04. The number of hydrogen-bond acceptors (Lipinski definition) is 8. The van der Waals surface area contributed by atoms with E-state index in [1.165, 1.54) is 0 Å². The molecule has 1 unspecified atom stereocenters. The molecule has 0 saturated carbocycles. The van der Waals surface area contributed by atoms with Crippen molar-refractivity contribution in [3.8, 4) is 0 Å². The van der Waals surface area contributed by atoms with Crippen molar-refractivity contribution in [1.82, 2.24) is 14.1 Å². The highest BCUT2D eigenvalue weighted by Crippen LogP contribution is 2.28. The van der Waals surface area contributed by atoms with Gasteiger partial charge in [0.05, 0.1) is 30.5 Å². The molecule has 3 fully saturated rings. The summed E-state index contributed by atoms with van der Waals surface area (Å²) in [5.41, 5.74) is -1.26. The minimum atomic E-state index is -0.663. The largest absolute Gasteiger partial charge is 0.387 e. The van der Waals surface area contributed by atoms with Crippen LogP contribution in [0.15, 0.2) is 0 Å². The van der Waals surface area contributed by atoms with Crippen LogP contribution in [0.1, 0.15) is 39.5 Å². The summed E-state index contributed by atoms with van der Waals surface area (Å²) in [5.74, 6) is 0.926. The van der Waals surface area contributed by atoms with Gasteiger partial charge in [-0.3, -0.25) is 14.1 Å². The number of β-amino-alcohol motifs (C(OH)–C–C–N with tert-alkyl or cyclic N) is 1. The lowest BCUT2D eigenvalue weighted by molar-refractivity contribution is -0.0871. The number of nitrogens with zero attached hydrogens (tertiary/aromatic N) is 3. The molecule has 0 aromatic carbocycles. The van der Waals surface area contributed by atoms with Crippen molar-refractivity contribution >= 4 is 11.9 Å². The molecule has 3 rings (SSSR count). The Morgan fingerprint density at radius 2 is 1.86 bits per heavy atom. The Bertz CT molecular complexity index is 504. The maximum atomic E-state index is 11.2. The van der Waals surface area contributed by atoms with Gasteiger partial charge in [-0.2, -0.15) is 0 Å². The van der Waals surface area contributed by atoms with Gasteiger partial charge in [0.15, 0.2) is 0 Å². The van der Waals surface area contributed by atoms with Crippen LogP contribution in [0.2, 0.25) is 0 Å². The van der Waals surface area contributed by atoms with Crippen LogP contribution in [-0.4, -0.2) is 120 Å². The first kappa shape index (κ1) is 23.7. The average Bonchev–Trinajstić information content (AvgIpc) is 2.67. The molecule has 0 amide bonds. The number of hydrogen-bond donors (Lipinski definition) is 2. The lowest BCUT2D eigenvalue weighted by Gasteiger charge is -2.45. The second-order valence-corrected chi connectivity index (χ2v) is 10.6. The van der Waals surface area contributed by atoms with Crippen LogP contribution in [0, 0.1) is 0 Å². The van der Waals surface area contributed by atoms with Crippen molar-refractivity contribution in [2.75, 3.05) is 71.9 Å². The molecule has 3 saturated heterocycles. The first-order chi connectivity index (χ1) is 13.8. The van der Waals surface area contributed by atoms with Crippen LogP contribution < -0.4 is 0 Å². The van der Waals surface area contributed by atoms with Gasteiger partial charge in [0, 0.05) is 58.2 Å². The van der Waals surface area contributed by atoms with E-state index < -0.39 is 11.2 Å². The van der Waals surface area contributed by atoms with Crippen molar-refractivity contribution in [3.05, 3.63) is 0 Å². The van der Waals surface area contributed by atoms with E-state index >= 15 is 0 Å². The Kier molecular flexibility index (Phi) is 8.67. The van der Waals surface area contributed by atoms with Gasteiger partial charge in [-0.15, -0.1) is 0 Å². The van der Waals surface area contributed by atoms with Gasteiger partial charge in [-0.1, -0.05) is 11.9 Å². The zero-order chi connectivity index (χ0) is 20.9. The Morgan fingerprint density at radius 3 is 2.55 bits per heavy atom. The summed E-state index contributed by atoms with van der Waals surface area (Å²) < 4.78 is 13.5. The number of rotatable bonds is 8. The molecule has 8 heteroatoms. The number of piperidine rings is 2. The predicted octanol–water partition coefficient (Wildman–Crippen LogP) is 1.04. The van der Waals surface area contributed by atoms with Crippen LogP contribution in [-0.2, 0) is 9.47 Å². The number of ether oxygens (including phenoxy) is 2. The molecule has 0 aliphatic carbocycles. The second kappa shape index (κ2) is 10.6. The highest BCUT2D eigenvalue weighted by molar-refractivity contribution is 7.97. The summed E-state index contributed by atoms with van der Waals surface area (Å²) in [6, 6.07) is 0.488. The SMILES string of the molecule is COCC1(O)CCN(SCC2CN(C[C@@]3(O)CCCN(C(C)C)C3)CCO2)CC1. The summed E-state index contributed by atoms with van der Waals surface area (Å²) >= 11 is 1.83. The van der Waals surface area contributed by atoms with Crippen molar-refractivity contribution in [3.63, 3.8) is 0 Å². The smallest absolute Gasteiger partial charge is 0.0905 e. The minimum Gasteiger partial charge on any atom is -0.387 e. The van der Waals surface area contributed by atoms with Crippen molar-refractivity contribution < 1.29 is 19.7 Å². The molecule has 29 heavy (non-hydrogen) atoms. The first-order valence-corrected chi connectivity index (χ1v) is 12.1. The fraction of sp³-hybridized carbons (Fsp3) is 1.00. The minimum absolute atomic E-state index is 0.196. The fourth-order valence-corrected chi connectivity index (χ4v) is 5.81. The van der Waals surface area contributed by atoms with E-state index in [4.69, 9.17) is 9.47 Å². The van der Waals surface area contributed by atoms with Crippen LogP contribution in [0.5, 0.6) is 0 Å². The monoisotopic (exact) mass is 431 g/mol. The molecule has 0 spiro atoms. The van der Waals surface area contributed by atoms with Gasteiger partial charge in [0.2, 0.25) is 0 Å². The summed E-state index contributed by atoms with van der Waals surface area (Å²) in [4.78, 5) is 4.80. The van der Waals surface area contributed by atoms with Crippen molar-refractivity contribution in [2.24, 2.45) is 0 Å². The quantitative estimate of drug-likeness (QED) is 0.553. The molecular weight excluding hydrogens is 390 g/mol. The second-order valence-electron chi connectivity index (χ2n) is 9.50. The molecule has 0 aromatic heterocycles. The lowest BCUT2D eigenvalue weighted by atomic mass is 9.91. The van der Waals surface area contributed by atoms with E-state index in [-0.39, 0.29) is 6.10 Å². The van der Waals surface area contributed by atoms with E-state index in [1.807, 2.05) is 11.9 Å². The molecule has 2 atom stereocenters. The topological polar surface area (TPSA) is 68.6 Å². The summed E-state index contributed by atoms with van der Waals surface area (Å²) in [7, 11) is 1.65. The van der Waals surface area contributed by atoms with Gasteiger partial charge in [-0.25, -0.2) is 0 Å². The predicted molar refractivity (Wildman–Crippen MR) is 117 cm³/mol. The molecule has 0 bridgehead atoms. The summed E-state index contributed by atoms with van der Waals surface area (Å²) in [6.45, 7) is 11.8. The summed E-state index contributed by atoms with van der Waals surface area (Å²) in [5, 5.41) is 21.6. The van der Waals surface area contributed by atoms with Gasteiger partial charge in [0.25, 0.3) is 0 Å². The zero-order valence-electron chi connectivity index (χ0n) is 18.5. The molecule has 0 aromatic rings. The van der Waals surface area contributed by atoms with Gasteiger partial charge in [0.1, 0.15) is 0 Å². The van der Waals surface area contributed by atoms with Crippen LogP contribution >= 0.6 is 11.9 Å². The Balaban J connectivity index is 1.41. The fourth-order valence-electron chi connectivity index (χ4n) is 4.79. The molecule has 3 aliphatic rings. The molecule has 2 N–H and O–H groups in total. The third-order valence-corrected chi connectivity index (χ3v) is 7.82. The standard InChI is InChI=1S/C21H41N3O4S/c1-18(2)23-8-4-5-21(26,16-23)15-22-11-12-28-19(13-22)14-29-24-9-6-20(25,7-10-24)17-27-3/h18-19,25-26H,4-17H2,1-3H3/t19?,21-/m0/s1. The Morgan fingerprint density at radius 1 is 1.10 bits per heavy atom. The van der Waals surface area contributed by atoms with Crippen LogP contribution in [0.4, 0.5) is 0 Å². The van der Waals surface area contributed by atoms with E-state index in [2.05, 4.69) is 28.0 Å². The summed E-state index contributed by atoms with van der Waals surface area (Å²) in [6.07, 6.45) is 3.67. The number of likely N-dealkylation sites (tertiary alicyclic amines) is 1. The maximum Gasteiger partial charge on any atom is 0.0905 e. The van der Waals surface area contributed by atoms with Crippen LogP contribution in [0.25, 0.3) is 0 Å². The van der Waals surface area contributed by atoms with Crippen LogP contribution in [0.3, 0.4) is 0 Å². The highest BCUT2D eigenvalue weighted by Gasteiger charge is 2.37. The normalized spacial score (nSPS) is 32.7. The van der Waals surface area contributed by atoms with Crippen molar-refractivity contribution in [1.29, 1.82) is 0 Å².